The zero-order chi connectivity index (χ0) is 14.2. The fraction of sp³-hybridized carbons (Fsp3) is 0.556. The minimum Gasteiger partial charge on any atom is -0.389 e. The van der Waals surface area contributed by atoms with E-state index in [0.29, 0.717) is 5.92 Å². The summed E-state index contributed by atoms with van der Waals surface area (Å²) in [4.78, 5) is 0. The van der Waals surface area contributed by atoms with Crippen LogP contribution in [0.25, 0.3) is 0 Å². The molecule has 0 heterocycles. The van der Waals surface area contributed by atoms with Crippen LogP contribution in [0, 0.1) is 5.92 Å². The Balaban J connectivity index is 1.93. The van der Waals surface area contributed by atoms with E-state index >= 15 is 0 Å². The molecule has 0 aliphatic heterocycles. The highest BCUT2D eigenvalue weighted by Crippen LogP contribution is 2.33. The van der Waals surface area contributed by atoms with Gasteiger partial charge >= 0.3 is 0 Å². The first-order valence-corrected chi connectivity index (χ1v) is 9.05. The minimum absolute atomic E-state index is 0.272. The second-order valence-corrected chi connectivity index (χ2v) is 6.44. The molecule has 1 unspecified atom stereocenters. The summed E-state index contributed by atoms with van der Waals surface area (Å²) < 4.78 is 0. The first-order chi connectivity index (χ1) is 9.81. The van der Waals surface area contributed by atoms with Crippen LogP contribution >= 0.6 is 11.8 Å². The van der Waals surface area contributed by atoms with E-state index in [-0.39, 0.29) is 6.10 Å². The maximum atomic E-state index is 10.6. The van der Waals surface area contributed by atoms with Crippen LogP contribution in [0.15, 0.2) is 41.3 Å². The second kappa shape index (κ2) is 8.53. The fourth-order valence-corrected chi connectivity index (χ4v) is 3.76. The lowest BCUT2D eigenvalue weighted by Gasteiger charge is -2.27. The maximum Gasteiger partial charge on any atom is 0.0764 e. The Morgan fingerprint density at radius 3 is 2.60 bits per heavy atom. The Bertz CT molecular complexity index is 407. The van der Waals surface area contributed by atoms with Crippen molar-refractivity contribution in [3.63, 3.8) is 0 Å². The number of aliphatic hydroxyl groups excluding tert-OH is 1. The third kappa shape index (κ3) is 4.68. The van der Waals surface area contributed by atoms with Crippen LogP contribution in [0.5, 0.6) is 0 Å². The molecule has 1 atom stereocenters. The van der Waals surface area contributed by atoms with Crippen LogP contribution < -0.4 is 0 Å². The highest BCUT2D eigenvalue weighted by Gasteiger charge is 2.22. The molecule has 2 heteroatoms. The predicted molar refractivity (Wildman–Crippen MR) is 88.9 cm³/mol. The lowest BCUT2D eigenvalue weighted by Crippen LogP contribution is -2.20. The standard InChI is InChI=1S/C18H26OS/c1-20-14-17(16-10-6-3-7-11-16)18(19)13-12-15-8-4-2-5-9-15/h2,4-5,8-9,14,16,18-19H,3,6-7,10-13H2,1H3/b17-14+. The van der Waals surface area contributed by atoms with E-state index in [1.165, 1.54) is 43.2 Å². The molecular weight excluding hydrogens is 264 g/mol. The van der Waals surface area contributed by atoms with Crippen LogP contribution in [0.2, 0.25) is 0 Å². The molecule has 0 amide bonds. The van der Waals surface area contributed by atoms with Gasteiger partial charge in [-0.3, -0.25) is 0 Å². The highest BCUT2D eigenvalue weighted by atomic mass is 32.2. The van der Waals surface area contributed by atoms with Crippen molar-refractivity contribution in [2.45, 2.75) is 51.0 Å². The summed E-state index contributed by atoms with van der Waals surface area (Å²) in [7, 11) is 0. The van der Waals surface area contributed by atoms with Gasteiger partial charge in [-0.25, -0.2) is 0 Å². The van der Waals surface area contributed by atoms with E-state index in [9.17, 15) is 5.11 Å². The van der Waals surface area contributed by atoms with Gasteiger partial charge < -0.3 is 5.11 Å². The van der Waals surface area contributed by atoms with Crippen molar-refractivity contribution in [2.24, 2.45) is 5.92 Å². The monoisotopic (exact) mass is 290 g/mol. The predicted octanol–water partition coefficient (Wildman–Crippen LogP) is 4.81. The van der Waals surface area contributed by atoms with E-state index in [4.69, 9.17) is 0 Å². The first kappa shape index (κ1) is 15.7. The van der Waals surface area contributed by atoms with E-state index in [1.807, 2.05) is 6.07 Å². The molecule has 0 aromatic heterocycles. The van der Waals surface area contributed by atoms with Gasteiger partial charge in [-0.1, -0.05) is 49.6 Å². The molecule has 0 bridgehead atoms. The molecule has 2 rings (SSSR count). The molecule has 1 nitrogen and oxygen atoms in total. The molecule has 1 N–H and O–H groups in total. The SMILES string of the molecule is CS/C=C(/C(O)CCc1ccccc1)C1CCCCC1. The summed E-state index contributed by atoms with van der Waals surface area (Å²) in [6.45, 7) is 0. The topological polar surface area (TPSA) is 20.2 Å². The van der Waals surface area contributed by atoms with Gasteiger partial charge in [0.25, 0.3) is 0 Å². The Hall–Kier alpha value is -0.730. The van der Waals surface area contributed by atoms with Crippen LogP contribution in [0.3, 0.4) is 0 Å². The molecular formula is C18H26OS. The Labute approximate surface area is 127 Å². The van der Waals surface area contributed by atoms with Crippen LogP contribution in [0.4, 0.5) is 0 Å². The number of aryl methyl sites for hydroxylation is 1. The van der Waals surface area contributed by atoms with E-state index in [0.717, 1.165) is 12.8 Å². The van der Waals surface area contributed by atoms with Gasteiger partial charge in [0.2, 0.25) is 0 Å². The third-order valence-electron chi connectivity index (χ3n) is 4.26. The van der Waals surface area contributed by atoms with Gasteiger partial charge in [0.1, 0.15) is 0 Å². The molecule has 1 aromatic rings. The highest BCUT2D eigenvalue weighted by molar-refractivity contribution is 8.01. The van der Waals surface area contributed by atoms with Crippen LogP contribution in [0.1, 0.15) is 44.1 Å². The summed E-state index contributed by atoms with van der Waals surface area (Å²) in [5.41, 5.74) is 2.60. The van der Waals surface area contributed by atoms with Crippen molar-refractivity contribution in [3.8, 4) is 0 Å². The Morgan fingerprint density at radius 1 is 1.25 bits per heavy atom. The Kier molecular flexibility index (Phi) is 6.68. The average Bonchev–Trinajstić information content (AvgIpc) is 2.52. The molecule has 1 aliphatic carbocycles. The molecule has 0 saturated heterocycles. The summed E-state index contributed by atoms with van der Waals surface area (Å²) >= 11 is 1.73. The Morgan fingerprint density at radius 2 is 1.95 bits per heavy atom. The largest absolute Gasteiger partial charge is 0.389 e. The van der Waals surface area contributed by atoms with E-state index in [1.54, 1.807) is 11.8 Å². The van der Waals surface area contributed by atoms with Gasteiger partial charge in [-0.2, -0.15) is 0 Å². The van der Waals surface area contributed by atoms with Crippen molar-refractivity contribution >= 4 is 11.8 Å². The number of aliphatic hydroxyl groups is 1. The molecule has 0 radical (unpaired) electrons. The molecule has 20 heavy (non-hydrogen) atoms. The quantitative estimate of drug-likeness (QED) is 0.811. The summed E-state index contributed by atoms with van der Waals surface area (Å²) in [6.07, 6.45) is 10.1. The van der Waals surface area contributed by atoms with Gasteiger partial charge in [-0.15, -0.1) is 11.8 Å². The number of hydrogen-bond donors (Lipinski definition) is 1. The molecule has 0 spiro atoms. The number of rotatable bonds is 6. The smallest absolute Gasteiger partial charge is 0.0764 e. The fourth-order valence-electron chi connectivity index (χ4n) is 3.13. The first-order valence-electron chi connectivity index (χ1n) is 7.76. The molecule has 1 saturated carbocycles. The molecule has 1 aromatic carbocycles. The van der Waals surface area contributed by atoms with E-state index < -0.39 is 0 Å². The van der Waals surface area contributed by atoms with Gasteiger partial charge in [0.15, 0.2) is 0 Å². The van der Waals surface area contributed by atoms with Crippen molar-refractivity contribution < 1.29 is 5.11 Å². The summed E-state index contributed by atoms with van der Waals surface area (Å²) in [5.74, 6) is 0.613. The third-order valence-corrected chi connectivity index (χ3v) is 4.77. The number of hydrogen-bond acceptors (Lipinski definition) is 2. The normalized spacial score (nSPS) is 19.0. The molecule has 1 fully saturated rings. The van der Waals surface area contributed by atoms with Crippen LogP contribution in [-0.2, 0) is 6.42 Å². The van der Waals surface area contributed by atoms with Crippen molar-refractivity contribution in [3.05, 3.63) is 46.9 Å². The molecule has 110 valence electrons. The molecule has 1 aliphatic rings. The lowest BCUT2D eigenvalue weighted by atomic mass is 9.81. The number of thioether (sulfide) groups is 1. The van der Waals surface area contributed by atoms with E-state index in [2.05, 4.69) is 35.9 Å². The van der Waals surface area contributed by atoms with Crippen molar-refractivity contribution in [2.75, 3.05) is 6.26 Å². The van der Waals surface area contributed by atoms with Crippen molar-refractivity contribution in [1.29, 1.82) is 0 Å². The van der Waals surface area contributed by atoms with Crippen LogP contribution in [-0.4, -0.2) is 17.5 Å². The van der Waals surface area contributed by atoms with Gasteiger partial charge in [0, 0.05) is 0 Å². The minimum atomic E-state index is -0.272. The lowest BCUT2D eigenvalue weighted by molar-refractivity contribution is 0.179. The maximum absolute atomic E-state index is 10.6. The second-order valence-electron chi connectivity index (χ2n) is 5.73. The van der Waals surface area contributed by atoms with Crippen molar-refractivity contribution in [1.82, 2.24) is 0 Å². The zero-order valence-electron chi connectivity index (χ0n) is 12.4. The zero-order valence-corrected chi connectivity index (χ0v) is 13.2. The van der Waals surface area contributed by atoms with Gasteiger partial charge in [0.05, 0.1) is 6.10 Å². The van der Waals surface area contributed by atoms with Gasteiger partial charge in [-0.05, 0) is 54.4 Å². The average molecular weight is 290 g/mol. The number of benzene rings is 1. The summed E-state index contributed by atoms with van der Waals surface area (Å²) in [5, 5.41) is 12.8. The summed E-state index contributed by atoms with van der Waals surface area (Å²) in [6, 6.07) is 10.5.